The van der Waals surface area contributed by atoms with Gasteiger partial charge in [0, 0.05) is 19.3 Å². The zero-order valence-electron chi connectivity index (χ0n) is 24.3. The molecule has 0 spiro atoms. The largest absolute Gasteiger partial charge is 0.489 e. The van der Waals surface area contributed by atoms with Crippen LogP contribution < -0.4 is 9.64 Å². The fraction of sp³-hybridized carbons (Fsp3) is 0.516. The number of fused-ring (bicyclic) bond motifs is 1. The predicted octanol–water partition coefficient (Wildman–Crippen LogP) is 6.54. The minimum atomic E-state index is -4.45. The summed E-state index contributed by atoms with van der Waals surface area (Å²) >= 11 is 0. The molecule has 42 heavy (non-hydrogen) atoms. The van der Waals surface area contributed by atoms with Gasteiger partial charge in [0.05, 0.1) is 12.0 Å². The number of alkyl halides is 3. The van der Waals surface area contributed by atoms with Crippen LogP contribution in [0.15, 0.2) is 36.4 Å². The SMILES string of the molecule is CN(C(=O)OC(C)(C)C)C(CC(=O)N1CCc2cc(OCc3ccc(C4CCCC4)c(C(F)(F)F)c3)ccc21)C(=O)O. The molecule has 0 saturated heterocycles. The highest BCUT2D eigenvalue weighted by Gasteiger charge is 2.37. The van der Waals surface area contributed by atoms with Crippen LogP contribution in [0.5, 0.6) is 5.75 Å². The predicted molar refractivity (Wildman–Crippen MR) is 150 cm³/mol. The Morgan fingerprint density at radius 2 is 1.76 bits per heavy atom. The summed E-state index contributed by atoms with van der Waals surface area (Å²) in [5, 5.41) is 9.70. The van der Waals surface area contributed by atoms with Gasteiger partial charge in [-0.15, -0.1) is 0 Å². The Balaban J connectivity index is 1.42. The van der Waals surface area contributed by atoms with E-state index in [2.05, 4.69) is 0 Å². The molecule has 2 aromatic carbocycles. The number of aliphatic carboxylic acids is 1. The highest BCUT2D eigenvalue weighted by Crippen LogP contribution is 2.42. The van der Waals surface area contributed by atoms with Crippen LogP contribution in [-0.2, 0) is 33.5 Å². The van der Waals surface area contributed by atoms with E-state index in [0.29, 0.717) is 35.5 Å². The first-order valence-corrected chi connectivity index (χ1v) is 14.1. The molecule has 1 saturated carbocycles. The van der Waals surface area contributed by atoms with E-state index in [1.165, 1.54) is 18.0 Å². The topological polar surface area (TPSA) is 96.4 Å². The third kappa shape index (κ3) is 7.35. The summed E-state index contributed by atoms with van der Waals surface area (Å²) in [5.41, 5.74) is 0.725. The van der Waals surface area contributed by atoms with E-state index in [9.17, 15) is 32.7 Å². The number of likely N-dealkylation sites (N-methyl/N-ethyl adjacent to an activating group) is 1. The van der Waals surface area contributed by atoms with Crippen molar-refractivity contribution >= 4 is 23.7 Å². The van der Waals surface area contributed by atoms with E-state index in [1.54, 1.807) is 51.1 Å². The smallest absolute Gasteiger partial charge is 0.416 e. The average Bonchev–Trinajstić information content (AvgIpc) is 3.58. The lowest BCUT2D eigenvalue weighted by Crippen LogP contribution is -2.47. The van der Waals surface area contributed by atoms with Crippen molar-refractivity contribution in [2.45, 2.75) is 89.6 Å². The molecule has 0 radical (unpaired) electrons. The number of carbonyl (C=O) groups is 3. The maximum atomic E-state index is 13.8. The molecule has 1 N–H and O–H groups in total. The van der Waals surface area contributed by atoms with Crippen LogP contribution in [-0.4, -0.2) is 53.2 Å². The van der Waals surface area contributed by atoms with Gasteiger partial charge in [-0.3, -0.25) is 9.69 Å². The number of halogens is 3. The number of nitrogens with zero attached hydrogens (tertiary/aromatic N) is 2. The second-order valence-corrected chi connectivity index (χ2v) is 11.9. The second-order valence-electron chi connectivity index (χ2n) is 11.9. The lowest BCUT2D eigenvalue weighted by molar-refractivity contribution is -0.144. The van der Waals surface area contributed by atoms with Crippen molar-refractivity contribution in [2.75, 3.05) is 18.5 Å². The molecule has 8 nitrogen and oxygen atoms in total. The summed E-state index contributed by atoms with van der Waals surface area (Å²) in [5.74, 6) is -1.41. The Morgan fingerprint density at radius 1 is 1.07 bits per heavy atom. The monoisotopic (exact) mass is 590 g/mol. The van der Waals surface area contributed by atoms with Crippen LogP contribution in [0, 0.1) is 0 Å². The molecule has 2 aromatic rings. The molecule has 4 rings (SSSR count). The van der Waals surface area contributed by atoms with Gasteiger partial charge in [-0.2, -0.15) is 13.2 Å². The van der Waals surface area contributed by atoms with E-state index in [-0.39, 0.29) is 12.5 Å². The van der Waals surface area contributed by atoms with Crippen molar-refractivity contribution in [3.05, 3.63) is 58.7 Å². The zero-order valence-corrected chi connectivity index (χ0v) is 24.3. The molecule has 0 aromatic heterocycles. The standard InChI is InChI=1S/C31H37F3N2O6/c1-30(2,3)42-29(40)35(4)26(28(38)39)17-27(37)36-14-13-21-16-22(10-12-25(21)36)41-18-19-9-11-23(20-7-5-6-8-20)24(15-19)31(32,33)34/h9-12,15-16,20,26H,5-8,13-14,17-18H2,1-4H3,(H,38,39). The van der Waals surface area contributed by atoms with Crippen molar-refractivity contribution in [3.63, 3.8) is 0 Å². The molecule has 1 aliphatic carbocycles. The number of amides is 2. The fourth-order valence-electron chi connectivity index (χ4n) is 5.55. The molecular weight excluding hydrogens is 553 g/mol. The Kier molecular flexibility index (Phi) is 9.08. The molecule has 0 bridgehead atoms. The Labute approximate surface area is 243 Å². The van der Waals surface area contributed by atoms with E-state index in [4.69, 9.17) is 9.47 Å². The van der Waals surface area contributed by atoms with E-state index in [0.717, 1.165) is 36.1 Å². The van der Waals surface area contributed by atoms with Crippen LogP contribution >= 0.6 is 0 Å². The zero-order chi connectivity index (χ0) is 30.8. The number of benzene rings is 2. The van der Waals surface area contributed by atoms with Gasteiger partial charge in [0.25, 0.3) is 0 Å². The molecule has 228 valence electrons. The molecular formula is C31H37F3N2O6. The summed E-state index contributed by atoms with van der Waals surface area (Å²) in [6.45, 7) is 5.24. The number of hydrogen-bond acceptors (Lipinski definition) is 5. The minimum Gasteiger partial charge on any atom is -0.489 e. The molecule has 2 aliphatic rings. The Bertz CT molecular complexity index is 1330. The van der Waals surface area contributed by atoms with Gasteiger partial charge in [-0.1, -0.05) is 25.0 Å². The van der Waals surface area contributed by atoms with Gasteiger partial charge in [-0.05, 0) is 86.9 Å². The van der Waals surface area contributed by atoms with Crippen LogP contribution in [0.25, 0.3) is 0 Å². The van der Waals surface area contributed by atoms with Gasteiger partial charge in [0.15, 0.2) is 0 Å². The first-order valence-electron chi connectivity index (χ1n) is 14.1. The number of anilines is 1. The van der Waals surface area contributed by atoms with E-state index < -0.39 is 47.8 Å². The maximum Gasteiger partial charge on any atom is 0.416 e. The van der Waals surface area contributed by atoms with E-state index >= 15 is 0 Å². The number of carbonyl (C=O) groups excluding carboxylic acids is 2. The normalized spacial score (nSPS) is 16.2. The van der Waals surface area contributed by atoms with Crippen LogP contribution in [0.2, 0.25) is 0 Å². The average molecular weight is 591 g/mol. The first-order chi connectivity index (χ1) is 19.6. The van der Waals surface area contributed by atoms with Gasteiger partial charge in [-0.25, -0.2) is 9.59 Å². The Hall–Kier alpha value is -3.76. The summed E-state index contributed by atoms with van der Waals surface area (Å²) < 4.78 is 52.6. The summed E-state index contributed by atoms with van der Waals surface area (Å²) in [7, 11) is 1.28. The number of carboxylic acid groups (broad SMARTS) is 1. The molecule has 11 heteroatoms. The highest BCUT2D eigenvalue weighted by atomic mass is 19.4. The Morgan fingerprint density at radius 3 is 2.38 bits per heavy atom. The molecule has 1 heterocycles. The van der Waals surface area contributed by atoms with E-state index in [1.807, 2.05) is 0 Å². The van der Waals surface area contributed by atoms with Crippen molar-refractivity contribution in [1.82, 2.24) is 4.90 Å². The van der Waals surface area contributed by atoms with Crippen molar-refractivity contribution in [3.8, 4) is 5.75 Å². The lowest BCUT2D eigenvalue weighted by Gasteiger charge is -2.29. The van der Waals surface area contributed by atoms with Crippen molar-refractivity contribution < 1.29 is 42.1 Å². The van der Waals surface area contributed by atoms with Gasteiger partial charge in [0.1, 0.15) is 24.0 Å². The van der Waals surface area contributed by atoms with Crippen molar-refractivity contribution in [1.29, 1.82) is 0 Å². The molecule has 1 unspecified atom stereocenters. The molecule has 1 atom stereocenters. The number of carboxylic acids is 1. The number of hydrogen-bond donors (Lipinski definition) is 1. The summed E-state index contributed by atoms with van der Waals surface area (Å²) in [6, 6.07) is 8.06. The number of rotatable bonds is 8. The maximum absolute atomic E-state index is 13.8. The number of ether oxygens (including phenoxy) is 2. The lowest BCUT2D eigenvalue weighted by atomic mass is 9.91. The summed E-state index contributed by atoms with van der Waals surface area (Å²) in [4.78, 5) is 39.8. The minimum absolute atomic E-state index is 0.0489. The van der Waals surface area contributed by atoms with Crippen LogP contribution in [0.1, 0.15) is 81.0 Å². The summed E-state index contributed by atoms with van der Waals surface area (Å²) in [6.07, 6.45) is -1.82. The fourth-order valence-corrected chi connectivity index (χ4v) is 5.55. The first kappa shape index (κ1) is 31.2. The second kappa shape index (κ2) is 12.2. The molecule has 2 amide bonds. The van der Waals surface area contributed by atoms with Crippen LogP contribution in [0.3, 0.4) is 0 Å². The molecule has 1 aliphatic heterocycles. The van der Waals surface area contributed by atoms with Crippen LogP contribution in [0.4, 0.5) is 23.7 Å². The van der Waals surface area contributed by atoms with Crippen molar-refractivity contribution in [2.24, 2.45) is 0 Å². The highest BCUT2D eigenvalue weighted by molar-refractivity contribution is 5.98. The van der Waals surface area contributed by atoms with Gasteiger partial charge >= 0.3 is 18.2 Å². The third-order valence-corrected chi connectivity index (χ3v) is 7.67. The molecule has 1 fully saturated rings. The van der Waals surface area contributed by atoms with Gasteiger partial charge in [0.2, 0.25) is 5.91 Å². The quantitative estimate of drug-likeness (QED) is 0.375. The third-order valence-electron chi connectivity index (χ3n) is 7.67. The van der Waals surface area contributed by atoms with Gasteiger partial charge < -0.3 is 19.5 Å².